The molecule has 4 aromatic rings. The van der Waals surface area contributed by atoms with Crippen LogP contribution in [0.2, 0.25) is 0 Å². The van der Waals surface area contributed by atoms with Crippen LogP contribution in [0.25, 0.3) is 28.0 Å². The summed E-state index contributed by atoms with van der Waals surface area (Å²) in [6, 6.07) is 13.9. The number of Topliss-reactive ketones (excluding diaryl/α,β-unsaturated/α-hetero) is 2. The van der Waals surface area contributed by atoms with Crippen LogP contribution in [0, 0.1) is 5.92 Å². The normalized spacial score (nSPS) is 18.6. The average Bonchev–Trinajstić information content (AvgIpc) is 3.34. The number of anilines is 1. The summed E-state index contributed by atoms with van der Waals surface area (Å²) in [7, 11) is 0. The van der Waals surface area contributed by atoms with Crippen LogP contribution in [-0.4, -0.2) is 42.4 Å². The molecule has 0 amide bonds. The molecule has 0 unspecified atom stereocenters. The number of fused-ring (bicyclic) bond motifs is 1. The zero-order valence-corrected chi connectivity index (χ0v) is 21.1. The van der Waals surface area contributed by atoms with Gasteiger partial charge in [-0.1, -0.05) is 36.4 Å². The van der Waals surface area contributed by atoms with Gasteiger partial charge < -0.3 is 10.8 Å². The minimum atomic E-state index is -0.928. The Hall–Kier alpha value is -3.91. The standard InChI is InChI=1S/C29H31N5O3/c1-17(35)25(37)14-19-8-10-21(11-9-19)27-26(18(2)36)28(30)34-29(33-27)23(16-32-34)22-12-13-24(31-15-22)20-6-4-3-5-7-20/h3-7,12-13,15-17,19,21,35H,8-11,14,30H2,1-2H3/t17-,19?,21?/m1/s1. The molecule has 0 radical (unpaired) electrons. The van der Waals surface area contributed by atoms with Crippen molar-refractivity contribution in [3.8, 4) is 22.4 Å². The number of rotatable bonds is 7. The Kier molecular flexibility index (Phi) is 6.84. The van der Waals surface area contributed by atoms with Crippen molar-refractivity contribution in [3.05, 3.63) is 66.1 Å². The highest BCUT2D eigenvalue weighted by atomic mass is 16.3. The van der Waals surface area contributed by atoms with E-state index in [1.807, 2.05) is 42.5 Å². The van der Waals surface area contributed by atoms with Gasteiger partial charge in [0.25, 0.3) is 0 Å². The van der Waals surface area contributed by atoms with E-state index in [1.54, 1.807) is 12.4 Å². The minimum absolute atomic E-state index is 0.0606. The highest BCUT2D eigenvalue weighted by Gasteiger charge is 2.30. The van der Waals surface area contributed by atoms with E-state index < -0.39 is 6.10 Å². The third kappa shape index (κ3) is 4.89. The maximum Gasteiger partial charge on any atom is 0.165 e. The van der Waals surface area contributed by atoms with Crippen LogP contribution >= 0.6 is 0 Å². The molecule has 0 saturated heterocycles. The molecule has 3 aromatic heterocycles. The molecule has 0 spiro atoms. The lowest BCUT2D eigenvalue weighted by molar-refractivity contribution is -0.127. The molecular formula is C29H31N5O3. The Bertz CT molecular complexity index is 1440. The van der Waals surface area contributed by atoms with Crippen molar-refractivity contribution in [1.29, 1.82) is 0 Å². The Morgan fingerprint density at radius 2 is 1.78 bits per heavy atom. The topological polar surface area (TPSA) is 123 Å². The number of carbonyl (C=O) groups excluding carboxylic acids is 2. The molecule has 5 rings (SSSR count). The van der Waals surface area contributed by atoms with Crippen molar-refractivity contribution in [2.45, 2.75) is 58.0 Å². The second-order valence-corrected chi connectivity index (χ2v) is 9.97. The third-order valence-electron chi connectivity index (χ3n) is 7.40. The van der Waals surface area contributed by atoms with E-state index in [0.717, 1.165) is 48.1 Å². The zero-order valence-electron chi connectivity index (χ0n) is 21.1. The average molecular weight is 498 g/mol. The maximum absolute atomic E-state index is 12.7. The molecule has 8 nitrogen and oxygen atoms in total. The Balaban J connectivity index is 1.48. The van der Waals surface area contributed by atoms with Gasteiger partial charge in [0.1, 0.15) is 11.9 Å². The fourth-order valence-corrected chi connectivity index (χ4v) is 5.32. The molecule has 0 aliphatic heterocycles. The van der Waals surface area contributed by atoms with Crippen LogP contribution in [0.15, 0.2) is 54.9 Å². The fraction of sp³-hybridized carbons (Fsp3) is 0.345. The summed E-state index contributed by atoms with van der Waals surface area (Å²) in [4.78, 5) is 34.3. The van der Waals surface area contributed by atoms with Crippen molar-refractivity contribution < 1.29 is 14.7 Å². The predicted molar refractivity (Wildman–Crippen MR) is 142 cm³/mol. The van der Waals surface area contributed by atoms with Crippen molar-refractivity contribution in [2.75, 3.05) is 5.73 Å². The first-order valence-electron chi connectivity index (χ1n) is 12.7. The first kappa shape index (κ1) is 24.8. The van der Waals surface area contributed by atoms with E-state index in [4.69, 9.17) is 10.7 Å². The van der Waals surface area contributed by atoms with Gasteiger partial charge in [-0.2, -0.15) is 9.61 Å². The number of pyridine rings is 1. The summed E-state index contributed by atoms with van der Waals surface area (Å²) in [5.74, 6) is 0.330. The molecule has 1 fully saturated rings. The van der Waals surface area contributed by atoms with Crippen LogP contribution in [0.4, 0.5) is 5.82 Å². The molecule has 1 aliphatic rings. The first-order valence-corrected chi connectivity index (χ1v) is 12.7. The van der Waals surface area contributed by atoms with Gasteiger partial charge in [-0.15, -0.1) is 0 Å². The van der Waals surface area contributed by atoms with E-state index in [-0.39, 0.29) is 23.4 Å². The third-order valence-corrected chi connectivity index (χ3v) is 7.40. The van der Waals surface area contributed by atoms with Crippen LogP contribution in [0.1, 0.15) is 67.9 Å². The summed E-state index contributed by atoms with van der Waals surface area (Å²) in [5.41, 5.74) is 11.8. The Morgan fingerprint density at radius 1 is 1.05 bits per heavy atom. The molecule has 1 saturated carbocycles. The SMILES string of the molecule is CC(=O)c1c(C2CCC(CC(=O)[C@@H](C)O)CC2)nc2c(-c3ccc(-c4ccccc4)nc3)cnn2c1N. The number of ketones is 2. The van der Waals surface area contributed by atoms with Gasteiger partial charge in [0.15, 0.2) is 17.2 Å². The van der Waals surface area contributed by atoms with Gasteiger partial charge in [-0.3, -0.25) is 14.6 Å². The zero-order chi connectivity index (χ0) is 26.1. The fourth-order valence-electron chi connectivity index (χ4n) is 5.32. The van der Waals surface area contributed by atoms with Crippen molar-refractivity contribution >= 4 is 23.0 Å². The monoisotopic (exact) mass is 497 g/mol. The van der Waals surface area contributed by atoms with Gasteiger partial charge in [-0.25, -0.2) is 4.98 Å². The number of aliphatic hydroxyl groups excluding tert-OH is 1. The summed E-state index contributed by atoms with van der Waals surface area (Å²) in [6.07, 6.45) is 6.26. The van der Waals surface area contributed by atoms with Gasteiger partial charge in [0.2, 0.25) is 0 Å². The van der Waals surface area contributed by atoms with Gasteiger partial charge >= 0.3 is 0 Å². The molecule has 1 atom stereocenters. The number of nitrogen functional groups attached to an aromatic ring is 1. The number of nitrogens with two attached hydrogens (primary N) is 1. The number of carbonyl (C=O) groups is 2. The van der Waals surface area contributed by atoms with E-state index in [0.29, 0.717) is 29.1 Å². The van der Waals surface area contributed by atoms with E-state index >= 15 is 0 Å². The summed E-state index contributed by atoms with van der Waals surface area (Å²) < 4.78 is 1.54. The molecule has 8 heteroatoms. The molecule has 3 N–H and O–H groups in total. The highest BCUT2D eigenvalue weighted by Crippen LogP contribution is 2.40. The lowest BCUT2D eigenvalue weighted by atomic mass is 9.77. The van der Waals surface area contributed by atoms with Gasteiger partial charge in [0.05, 0.1) is 23.1 Å². The predicted octanol–water partition coefficient (Wildman–Crippen LogP) is 4.86. The molecule has 1 aliphatic carbocycles. The molecular weight excluding hydrogens is 466 g/mol. The van der Waals surface area contributed by atoms with Crippen LogP contribution in [0.3, 0.4) is 0 Å². The summed E-state index contributed by atoms with van der Waals surface area (Å²) in [6.45, 7) is 3.02. The molecule has 190 valence electrons. The first-order chi connectivity index (χ1) is 17.8. The Labute approximate surface area is 215 Å². The van der Waals surface area contributed by atoms with E-state index in [9.17, 15) is 14.7 Å². The Morgan fingerprint density at radius 3 is 2.41 bits per heavy atom. The lowest BCUT2D eigenvalue weighted by Crippen LogP contribution is -2.24. The van der Waals surface area contributed by atoms with E-state index in [2.05, 4.69) is 10.1 Å². The quantitative estimate of drug-likeness (QED) is 0.350. The smallest absolute Gasteiger partial charge is 0.165 e. The highest BCUT2D eigenvalue weighted by molar-refractivity contribution is 6.00. The molecule has 37 heavy (non-hydrogen) atoms. The number of hydrogen-bond donors (Lipinski definition) is 2. The van der Waals surface area contributed by atoms with Crippen molar-refractivity contribution in [3.63, 3.8) is 0 Å². The lowest BCUT2D eigenvalue weighted by Gasteiger charge is -2.29. The number of aliphatic hydroxyl groups is 1. The second-order valence-electron chi connectivity index (χ2n) is 9.97. The molecule has 0 bridgehead atoms. The second kappa shape index (κ2) is 10.2. The van der Waals surface area contributed by atoms with Crippen LogP contribution in [0.5, 0.6) is 0 Å². The molecule has 1 aromatic carbocycles. The van der Waals surface area contributed by atoms with Crippen LogP contribution < -0.4 is 5.73 Å². The molecule has 3 heterocycles. The minimum Gasteiger partial charge on any atom is -0.386 e. The van der Waals surface area contributed by atoms with E-state index in [1.165, 1.54) is 18.4 Å². The number of nitrogens with zero attached hydrogens (tertiary/aromatic N) is 4. The largest absolute Gasteiger partial charge is 0.386 e. The number of hydrogen-bond acceptors (Lipinski definition) is 7. The van der Waals surface area contributed by atoms with Crippen molar-refractivity contribution in [2.24, 2.45) is 5.92 Å². The van der Waals surface area contributed by atoms with Crippen molar-refractivity contribution in [1.82, 2.24) is 19.6 Å². The summed E-state index contributed by atoms with van der Waals surface area (Å²) in [5, 5.41) is 14.0. The summed E-state index contributed by atoms with van der Waals surface area (Å²) >= 11 is 0. The van der Waals surface area contributed by atoms with Crippen LogP contribution in [-0.2, 0) is 4.79 Å². The number of benzene rings is 1. The van der Waals surface area contributed by atoms with Gasteiger partial charge in [0, 0.05) is 35.2 Å². The number of aromatic nitrogens is 4. The maximum atomic E-state index is 12.7. The van der Waals surface area contributed by atoms with Gasteiger partial charge in [-0.05, 0) is 51.5 Å².